The average molecular weight is 342 g/mol. The van der Waals surface area contributed by atoms with Crippen LogP contribution in [0.5, 0.6) is 11.5 Å². The first-order valence-electron chi connectivity index (χ1n) is 5.29. The fourth-order valence-electron chi connectivity index (χ4n) is 1.51. The van der Waals surface area contributed by atoms with E-state index in [1.807, 2.05) is 0 Å². The van der Waals surface area contributed by atoms with Crippen molar-refractivity contribution in [2.24, 2.45) is 5.73 Å². The topological polar surface area (TPSA) is 78.3 Å². The maximum absolute atomic E-state index is 11.4. The van der Waals surface area contributed by atoms with E-state index in [1.54, 1.807) is 30.3 Å². The molecule has 0 heterocycles. The number of ether oxygens (including phenoxy) is 1. The number of primary amides is 1. The molecule has 0 saturated carbocycles. The van der Waals surface area contributed by atoms with E-state index < -0.39 is 5.91 Å². The van der Waals surface area contributed by atoms with Crippen LogP contribution in [0.3, 0.4) is 0 Å². The summed E-state index contributed by atoms with van der Waals surface area (Å²) in [7, 11) is 0. The van der Waals surface area contributed by atoms with Crippen LogP contribution in [0.15, 0.2) is 40.9 Å². The number of nitrogens with two attached hydrogens (primary N) is 2. The highest BCUT2D eigenvalue weighted by molar-refractivity contribution is 9.10. The molecule has 0 radical (unpaired) electrons. The molecule has 0 spiro atoms. The Kier molecular flexibility index (Phi) is 3.97. The lowest BCUT2D eigenvalue weighted by Gasteiger charge is -2.11. The zero-order chi connectivity index (χ0) is 14.0. The van der Waals surface area contributed by atoms with Gasteiger partial charge >= 0.3 is 0 Å². The molecule has 19 heavy (non-hydrogen) atoms. The predicted molar refractivity (Wildman–Crippen MR) is 78.6 cm³/mol. The van der Waals surface area contributed by atoms with Gasteiger partial charge in [-0.05, 0) is 52.3 Å². The van der Waals surface area contributed by atoms with Crippen LogP contribution in [0.2, 0.25) is 5.02 Å². The molecule has 2 aromatic rings. The third-order valence-corrected chi connectivity index (χ3v) is 3.24. The molecule has 0 aliphatic heterocycles. The van der Waals surface area contributed by atoms with E-state index in [0.717, 1.165) is 0 Å². The summed E-state index contributed by atoms with van der Waals surface area (Å²) in [4.78, 5) is 11.4. The first-order chi connectivity index (χ1) is 8.97. The molecular formula is C13H10BrClN2O2. The van der Waals surface area contributed by atoms with Gasteiger partial charge in [0.25, 0.3) is 5.91 Å². The second-order valence-corrected chi connectivity index (χ2v) is 5.09. The molecule has 0 aliphatic carbocycles. The molecule has 0 fully saturated rings. The third kappa shape index (κ3) is 3.19. The highest BCUT2D eigenvalue weighted by Gasteiger charge is 2.12. The second-order valence-electron chi connectivity index (χ2n) is 3.80. The van der Waals surface area contributed by atoms with E-state index in [1.165, 1.54) is 6.07 Å². The molecule has 0 atom stereocenters. The first kappa shape index (κ1) is 13.7. The van der Waals surface area contributed by atoms with Crippen LogP contribution in [0.4, 0.5) is 5.69 Å². The van der Waals surface area contributed by atoms with Gasteiger partial charge in [0.1, 0.15) is 11.5 Å². The average Bonchev–Trinajstić information content (AvgIpc) is 2.34. The van der Waals surface area contributed by atoms with Gasteiger partial charge in [-0.2, -0.15) is 0 Å². The van der Waals surface area contributed by atoms with E-state index >= 15 is 0 Å². The minimum atomic E-state index is -0.604. The van der Waals surface area contributed by atoms with Crippen LogP contribution in [0.25, 0.3) is 0 Å². The van der Waals surface area contributed by atoms with Crippen LogP contribution < -0.4 is 16.2 Å². The van der Waals surface area contributed by atoms with Crippen molar-refractivity contribution in [2.75, 3.05) is 5.73 Å². The molecule has 0 saturated heterocycles. The molecular weight excluding hydrogens is 332 g/mol. The Bertz CT molecular complexity index is 647. The number of hydrogen-bond donors (Lipinski definition) is 2. The zero-order valence-electron chi connectivity index (χ0n) is 9.69. The van der Waals surface area contributed by atoms with Crippen LogP contribution in [-0.4, -0.2) is 5.91 Å². The van der Waals surface area contributed by atoms with Crippen LogP contribution >= 0.6 is 27.5 Å². The molecule has 2 rings (SSSR count). The number of rotatable bonds is 3. The molecule has 1 amide bonds. The largest absolute Gasteiger partial charge is 0.455 e. The highest BCUT2D eigenvalue weighted by Crippen LogP contribution is 2.33. The molecule has 4 N–H and O–H groups in total. The lowest BCUT2D eigenvalue weighted by Crippen LogP contribution is -2.12. The number of nitrogen functional groups attached to an aromatic ring is 1. The van der Waals surface area contributed by atoms with Gasteiger partial charge in [0, 0.05) is 10.7 Å². The van der Waals surface area contributed by atoms with E-state index in [-0.39, 0.29) is 5.56 Å². The minimum Gasteiger partial charge on any atom is -0.455 e. The molecule has 0 unspecified atom stereocenters. The number of amides is 1. The minimum absolute atomic E-state index is 0.224. The Morgan fingerprint density at radius 1 is 1.16 bits per heavy atom. The summed E-state index contributed by atoms with van der Waals surface area (Å²) in [5.41, 5.74) is 11.6. The van der Waals surface area contributed by atoms with Crippen molar-refractivity contribution in [1.29, 1.82) is 0 Å². The Balaban J connectivity index is 2.40. The van der Waals surface area contributed by atoms with E-state index in [2.05, 4.69) is 15.9 Å². The Hall–Kier alpha value is -1.72. The molecule has 0 aromatic heterocycles. The quantitative estimate of drug-likeness (QED) is 0.838. The summed E-state index contributed by atoms with van der Waals surface area (Å²) < 4.78 is 6.32. The predicted octanol–water partition coefficient (Wildman–Crippen LogP) is 3.58. The lowest BCUT2D eigenvalue weighted by molar-refractivity contribution is 0.0998. The number of carbonyl (C=O) groups is 1. The normalized spacial score (nSPS) is 10.2. The van der Waals surface area contributed by atoms with Gasteiger partial charge in [0.05, 0.1) is 10.0 Å². The van der Waals surface area contributed by atoms with Crippen molar-refractivity contribution < 1.29 is 9.53 Å². The van der Waals surface area contributed by atoms with Gasteiger partial charge in [-0.15, -0.1) is 0 Å². The van der Waals surface area contributed by atoms with Crippen LogP contribution in [0, 0.1) is 0 Å². The smallest absolute Gasteiger partial charge is 0.252 e. The summed E-state index contributed by atoms with van der Waals surface area (Å²) in [5.74, 6) is 0.258. The van der Waals surface area contributed by atoms with Crippen molar-refractivity contribution in [2.45, 2.75) is 0 Å². The van der Waals surface area contributed by atoms with Crippen molar-refractivity contribution in [3.05, 3.63) is 51.5 Å². The Morgan fingerprint density at radius 3 is 2.47 bits per heavy atom. The molecule has 98 valence electrons. The lowest BCUT2D eigenvalue weighted by atomic mass is 10.1. The monoisotopic (exact) mass is 340 g/mol. The number of hydrogen-bond acceptors (Lipinski definition) is 3. The highest BCUT2D eigenvalue weighted by atomic mass is 79.9. The SMILES string of the molecule is NC(=O)c1cc(N)ccc1Oc1ccc(Cl)cc1Br. The maximum Gasteiger partial charge on any atom is 0.252 e. The van der Waals surface area contributed by atoms with Crippen molar-refractivity contribution in [3.63, 3.8) is 0 Å². The van der Waals surface area contributed by atoms with Gasteiger partial charge < -0.3 is 16.2 Å². The van der Waals surface area contributed by atoms with Gasteiger partial charge in [-0.1, -0.05) is 11.6 Å². The zero-order valence-corrected chi connectivity index (χ0v) is 12.0. The van der Waals surface area contributed by atoms with Crippen molar-refractivity contribution in [3.8, 4) is 11.5 Å². The van der Waals surface area contributed by atoms with E-state index in [9.17, 15) is 4.79 Å². The van der Waals surface area contributed by atoms with E-state index in [4.69, 9.17) is 27.8 Å². The fourth-order valence-corrected chi connectivity index (χ4v) is 2.27. The third-order valence-electron chi connectivity index (χ3n) is 2.38. The molecule has 4 nitrogen and oxygen atoms in total. The molecule has 0 bridgehead atoms. The van der Waals surface area contributed by atoms with Gasteiger partial charge in [-0.25, -0.2) is 0 Å². The van der Waals surface area contributed by atoms with Gasteiger partial charge in [-0.3, -0.25) is 4.79 Å². The fraction of sp³-hybridized carbons (Fsp3) is 0. The Labute approximate surface area is 123 Å². The standard InChI is InChI=1S/C13H10BrClN2O2/c14-10-5-7(15)1-3-12(10)19-11-4-2-8(16)6-9(11)13(17)18/h1-6H,16H2,(H2,17,18). The number of carbonyl (C=O) groups excluding carboxylic acids is 1. The Morgan fingerprint density at radius 2 is 1.84 bits per heavy atom. The summed E-state index contributed by atoms with van der Waals surface area (Å²) in [6.07, 6.45) is 0. The first-order valence-corrected chi connectivity index (χ1v) is 6.46. The molecule has 6 heteroatoms. The van der Waals surface area contributed by atoms with Gasteiger partial charge in [0.2, 0.25) is 0 Å². The molecule has 2 aromatic carbocycles. The summed E-state index contributed by atoms with van der Waals surface area (Å²) in [6, 6.07) is 9.76. The number of halogens is 2. The van der Waals surface area contributed by atoms with Crippen LogP contribution in [-0.2, 0) is 0 Å². The second kappa shape index (κ2) is 5.50. The van der Waals surface area contributed by atoms with Crippen molar-refractivity contribution in [1.82, 2.24) is 0 Å². The van der Waals surface area contributed by atoms with Crippen molar-refractivity contribution >= 4 is 39.1 Å². The number of benzene rings is 2. The van der Waals surface area contributed by atoms with Gasteiger partial charge in [0.15, 0.2) is 0 Å². The van der Waals surface area contributed by atoms with E-state index in [0.29, 0.717) is 26.7 Å². The number of anilines is 1. The van der Waals surface area contributed by atoms with Crippen LogP contribution in [0.1, 0.15) is 10.4 Å². The molecule has 0 aliphatic rings. The maximum atomic E-state index is 11.4. The summed E-state index contributed by atoms with van der Waals surface area (Å²) >= 11 is 9.18. The summed E-state index contributed by atoms with van der Waals surface area (Å²) in [5, 5.41) is 0.576. The summed E-state index contributed by atoms with van der Waals surface area (Å²) in [6.45, 7) is 0.